The first kappa shape index (κ1) is 21.8. The summed E-state index contributed by atoms with van der Waals surface area (Å²) in [6.07, 6.45) is 5.68. The number of aryl methyl sites for hydroxylation is 2. The molecule has 0 bridgehead atoms. The van der Waals surface area contributed by atoms with Gasteiger partial charge in [-0.3, -0.25) is 9.78 Å². The molecule has 1 amide bonds. The van der Waals surface area contributed by atoms with Gasteiger partial charge in [0.25, 0.3) is 5.91 Å². The summed E-state index contributed by atoms with van der Waals surface area (Å²) in [6, 6.07) is 19.0. The lowest BCUT2D eigenvalue weighted by Crippen LogP contribution is -2.25. The Morgan fingerprint density at radius 2 is 1.78 bits per heavy atom. The number of hydrogen-bond acceptors (Lipinski definition) is 4. The molecule has 4 aromatic rings. The van der Waals surface area contributed by atoms with E-state index < -0.39 is 0 Å². The molecule has 0 spiro atoms. The fourth-order valence-corrected chi connectivity index (χ4v) is 3.69. The minimum Gasteiger partial charge on any atom is -0.494 e. The summed E-state index contributed by atoms with van der Waals surface area (Å²) < 4.78 is 8.09. The number of carbonyl (C=O) groups is 1. The SMILES string of the molecule is O=C(NCCCc1nc2ccccc2n1CCCOc1ccc(Cl)cc1)c1ccncc1. The fraction of sp³-hybridized carbons (Fsp3) is 0.240. The van der Waals surface area contributed by atoms with Gasteiger partial charge in [0.2, 0.25) is 0 Å². The van der Waals surface area contributed by atoms with Crippen molar-refractivity contribution in [1.82, 2.24) is 19.9 Å². The summed E-state index contributed by atoms with van der Waals surface area (Å²) in [5.41, 5.74) is 2.73. The van der Waals surface area contributed by atoms with Crippen LogP contribution in [0.2, 0.25) is 5.02 Å². The van der Waals surface area contributed by atoms with Crippen LogP contribution in [0.25, 0.3) is 11.0 Å². The molecule has 0 atom stereocenters. The van der Waals surface area contributed by atoms with Crippen molar-refractivity contribution < 1.29 is 9.53 Å². The second-order valence-corrected chi connectivity index (χ2v) is 7.86. The maximum atomic E-state index is 12.2. The van der Waals surface area contributed by atoms with E-state index in [1.807, 2.05) is 42.5 Å². The number of imidazole rings is 1. The van der Waals surface area contributed by atoms with Gasteiger partial charge in [-0.2, -0.15) is 0 Å². The first-order valence-corrected chi connectivity index (χ1v) is 11.1. The number of ether oxygens (including phenoxy) is 1. The summed E-state index contributed by atoms with van der Waals surface area (Å²) in [4.78, 5) is 21.0. The summed E-state index contributed by atoms with van der Waals surface area (Å²) in [6.45, 7) is 2.01. The van der Waals surface area contributed by atoms with E-state index in [1.165, 1.54) is 0 Å². The van der Waals surface area contributed by atoms with E-state index in [0.717, 1.165) is 48.4 Å². The smallest absolute Gasteiger partial charge is 0.251 e. The van der Waals surface area contributed by atoms with Crippen LogP contribution in [0, 0.1) is 0 Å². The zero-order valence-electron chi connectivity index (χ0n) is 17.7. The maximum absolute atomic E-state index is 12.2. The number of halogens is 1. The predicted octanol–water partition coefficient (Wildman–Crippen LogP) is 4.92. The zero-order chi connectivity index (χ0) is 22.2. The quantitative estimate of drug-likeness (QED) is 0.350. The van der Waals surface area contributed by atoms with Crippen LogP contribution in [0.3, 0.4) is 0 Å². The topological polar surface area (TPSA) is 69.0 Å². The van der Waals surface area contributed by atoms with Crippen LogP contribution < -0.4 is 10.1 Å². The monoisotopic (exact) mass is 448 g/mol. The van der Waals surface area contributed by atoms with Crippen molar-refractivity contribution in [2.45, 2.75) is 25.8 Å². The minimum atomic E-state index is -0.0831. The molecule has 4 rings (SSSR count). The van der Waals surface area contributed by atoms with E-state index in [1.54, 1.807) is 24.5 Å². The highest BCUT2D eigenvalue weighted by Crippen LogP contribution is 2.19. The molecule has 164 valence electrons. The summed E-state index contributed by atoms with van der Waals surface area (Å²) in [5, 5.41) is 3.66. The minimum absolute atomic E-state index is 0.0831. The van der Waals surface area contributed by atoms with E-state index >= 15 is 0 Å². The second kappa shape index (κ2) is 10.8. The Hall–Kier alpha value is -3.38. The number of pyridine rings is 1. The third-order valence-electron chi connectivity index (χ3n) is 5.15. The molecule has 0 aliphatic heterocycles. The molecule has 1 N–H and O–H groups in total. The lowest BCUT2D eigenvalue weighted by Gasteiger charge is -2.11. The van der Waals surface area contributed by atoms with Crippen molar-refractivity contribution in [3.63, 3.8) is 0 Å². The van der Waals surface area contributed by atoms with Crippen molar-refractivity contribution in [3.8, 4) is 5.75 Å². The number of fused-ring (bicyclic) bond motifs is 1. The van der Waals surface area contributed by atoms with Crippen molar-refractivity contribution in [3.05, 3.63) is 89.5 Å². The number of carbonyl (C=O) groups excluding carboxylic acids is 1. The molecule has 2 heterocycles. The van der Waals surface area contributed by atoms with Gasteiger partial charge in [-0.1, -0.05) is 23.7 Å². The Morgan fingerprint density at radius 3 is 2.59 bits per heavy atom. The van der Waals surface area contributed by atoms with Crippen molar-refractivity contribution in [2.75, 3.05) is 13.2 Å². The molecular weight excluding hydrogens is 424 g/mol. The molecule has 0 radical (unpaired) electrons. The Kier molecular flexibility index (Phi) is 7.35. The molecule has 0 saturated heterocycles. The number of benzene rings is 2. The van der Waals surface area contributed by atoms with Gasteiger partial charge in [0.05, 0.1) is 17.6 Å². The van der Waals surface area contributed by atoms with E-state index in [0.29, 0.717) is 23.7 Å². The number of hydrogen-bond donors (Lipinski definition) is 1. The summed E-state index contributed by atoms with van der Waals surface area (Å²) in [5.74, 6) is 1.76. The average Bonchev–Trinajstić information content (AvgIpc) is 3.18. The van der Waals surface area contributed by atoms with Crippen LogP contribution in [0.1, 0.15) is 29.0 Å². The number of aromatic nitrogens is 3. The number of para-hydroxylation sites is 2. The molecule has 2 aromatic heterocycles. The van der Waals surface area contributed by atoms with E-state index in [4.69, 9.17) is 21.3 Å². The van der Waals surface area contributed by atoms with Gasteiger partial charge in [-0.15, -0.1) is 0 Å². The van der Waals surface area contributed by atoms with Crippen LogP contribution in [-0.4, -0.2) is 33.6 Å². The Labute approximate surface area is 192 Å². The molecular formula is C25H25ClN4O2. The van der Waals surface area contributed by atoms with E-state index in [9.17, 15) is 4.79 Å². The van der Waals surface area contributed by atoms with Crippen LogP contribution in [-0.2, 0) is 13.0 Å². The first-order chi connectivity index (χ1) is 15.7. The largest absolute Gasteiger partial charge is 0.494 e. The van der Waals surface area contributed by atoms with Gasteiger partial charge in [-0.05, 0) is 61.4 Å². The van der Waals surface area contributed by atoms with Crippen molar-refractivity contribution in [2.24, 2.45) is 0 Å². The molecule has 0 unspecified atom stereocenters. The fourth-order valence-electron chi connectivity index (χ4n) is 3.56. The highest BCUT2D eigenvalue weighted by atomic mass is 35.5. The van der Waals surface area contributed by atoms with Crippen LogP contribution in [0.5, 0.6) is 5.75 Å². The maximum Gasteiger partial charge on any atom is 0.251 e. The molecule has 6 nitrogen and oxygen atoms in total. The first-order valence-electron chi connectivity index (χ1n) is 10.7. The predicted molar refractivity (Wildman–Crippen MR) is 126 cm³/mol. The van der Waals surface area contributed by atoms with E-state index in [2.05, 4.69) is 20.9 Å². The highest BCUT2D eigenvalue weighted by Gasteiger charge is 2.11. The third-order valence-corrected chi connectivity index (χ3v) is 5.40. The molecule has 7 heteroatoms. The Balaban J connectivity index is 1.32. The van der Waals surface area contributed by atoms with Gasteiger partial charge in [0.15, 0.2) is 0 Å². The van der Waals surface area contributed by atoms with Crippen LogP contribution >= 0.6 is 11.6 Å². The molecule has 2 aromatic carbocycles. The number of rotatable bonds is 10. The summed E-state index contributed by atoms with van der Waals surface area (Å²) in [7, 11) is 0. The molecule has 0 fully saturated rings. The van der Waals surface area contributed by atoms with Crippen molar-refractivity contribution >= 4 is 28.5 Å². The average molecular weight is 449 g/mol. The van der Waals surface area contributed by atoms with Gasteiger partial charge in [0, 0.05) is 42.5 Å². The standard InChI is InChI=1S/C25H25ClN4O2/c26-20-8-10-21(11-9-20)32-18-4-17-30-23-6-2-1-5-22(23)29-24(30)7-3-14-28-25(31)19-12-15-27-16-13-19/h1-2,5-6,8-13,15-16H,3-4,7,14,17-18H2,(H,28,31). The van der Waals surface area contributed by atoms with E-state index in [-0.39, 0.29) is 5.91 Å². The van der Waals surface area contributed by atoms with Crippen LogP contribution in [0.4, 0.5) is 0 Å². The molecule has 0 aliphatic carbocycles. The summed E-state index contributed by atoms with van der Waals surface area (Å²) >= 11 is 5.92. The number of nitrogens with zero attached hydrogens (tertiary/aromatic N) is 3. The second-order valence-electron chi connectivity index (χ2n) is 7.42. The molecule has 32 heavy (non-hydrogen) atoms. The van der Waals surface area contributed by atoms with Gasteiger partial charge >= 0.3 is 0 Å². The van der Waals surface area contributed by atoms with Gasteiger partial charge in [-0.25, -0.2) is 4.98 Å². The molecule has 0 aliphatic rings. The number of amides is 1. The van der Waals surface area contributed by atoms with Crippen LogP contribution in [0.15, 0.2) is 73.1 Å². The number of nitrogens with one attached hydrogen (secondary N) is 1. The molecule has 0 saturated carbocycles. The Bertz CT molecular complexity index is 1160. The van der Waals surface area contributed by atoms with Crippen molar-refractivity contribution in [1.29, 1.82) is 0 Å². The normalized spacial score (nSPS) is 10.9. The Morgan fingerprint density at radius 1 is 1.00 bits per heavy atom. The highest BCUT2D eigenvalue weighted by molar-refractivity contribution is 6.30. The van der Waals surface area contributed by atoms with Gasteiger partial charge in [0.1, 0.15) is 11.6 Å². The third kappa shape index (κ3) is 5.65. The zero-order valence-corrected chi connectivity index (χ0v) is 18.5. The lowest BCUT2D eigenvalue weighted by molar-refractivity contribution is 0.0953. The van der Waals surface area contributed by atoms with Gasteiger partial charge < -0.3 is 14.6 Å². The lowest BCUT2D eigenvalue weighted by atomic mass is 10.2.